The van der Waals surface area contributed by atoms with E-state index in [0.29, 0.717) is 0 Å². The maximum absolute atomic E-state index is 13.1. The van der Waals surface area contributed by atoms with E-state index in [2.05, 4.69) is 5.32 Å². The molecule has 1 aliphatic heterocycles. The average molecular weight is 406 g/mol. The Morgan fingerprint density at radius 2 is 1.83 bits per heavy atom. The zero-order chi connectivity index (χ0) is 21.2. The lowest BCUT2D eigenvalue weighted by Crippen LogP contribution is -2.59. The minimum atomic E-state index is -4.53. The van der Waals surface area contributed by atoms with Crippen LogP contribution in [0.15, 0.2) is 54.6 Å². The Morgan fingerprint density at radius 3 is 2.45 bits per heavy atom. The summed E-state index contributed by atoms with van der Waals surface area (Å²) in [4.78, 5) is 26.8. The maximum atomic E-state index is 13.1. The van der Waals surface area contributed by atoms with Crippen LogP contribution < -0.4 is 5.32 Å². The second-order valence-corrected chi connectivity index (χ2v) is 6.95. The van der Waals surface area contributed by atoms with Crippen LogP contribution >= 0.6 is 0 Å². The monoisotopic (exact) mass is 406 g/mol. The number of nitrogens with zero attached hydrogens (tertiary/aromatic N) is 1. The quantitative estimate of drug-likeness (QED) is 0.776. The number of ether oxygens (including phenoxy) is 1. The fraction of sp³-hybridized carbons (Fsp3) is 0.333. The summed E-state index contributed by atoms with van der Waals surface area (Å²) in [6, 6.07) is 11.9. The van der Waals surface area contributed by atoms with Crippen LogP contribution in [0.3, 0.4) is 0 Å². The molecule has 154 valence electrons. The number of amides is 2. The predicted octanol–water partition coefficient (Wildman–Crippen LogP) is 4.15. The highest BCUT2D eigenvalue weighted by Crippen LogP contribution is 2.36. The van der Waals surface area contributed by atoms with Gasteiger partial charge in [0, 0.05) is 12.6 Å². The number of carbonyl (C=O) groups is 2. The molecule has 2 aromatic carbocycles. The van der Waals surface area contributed by atoms with Crippen LogP contribution in [-0.4, -0.2) is 30.1 Å². The average Bonchev–Trinajstić information content (AvgIpc) is 2.70. The van der Waals surface area contributed by atoms with Crippen molar-refractivity contribution in [3.63, 3.8) is 0 Å². The lowest BCUT2D eigenvalue weighted by Gasteiger charge is -2.43. The van der Waals surface area contributed by atoms with Gasteiger partial charge in [-0.25, -0.2) is 4.79 Å². The number of nitrogens with one attached hydrogen (secondary N) is 1. The van der Waals surface area contributed by atoms with Crippen molar-refractivity contribution in [2.75, 3.05) is 7.11 Å². The van der Waals surface area contributed by atoms with Gasteiger partial charge in [-0.3, -0.25) is 4.79 Å². The second-order valence-electron chi connectivity index (χ2n) is 6.95. The van der Waals surface area contributed by atoms with Crippen LogP contribution in [0.4, 0.5) is 18.0 Å². The van der Waals surface area contributed by atoms with E-state index >= 15 is 0 Å². The molecule has 0 aromatic heterocycles. The smallest absolute Gasteiger partial charge is 0.416 e. The van der Waals surface area contributed by atoms with E-state index in [-0.39, 0.29) is 12.1 Å². The third-order valence-corrected chi connectivity index (χ3v) is 5.15. The summed E-state index contributed by atoms with van der Waals surface area (Å²) in [6.07, 6.45) is -4.53. The van der Waals surface area contributed by atoms with E-state index in [0.717, 1.165) is 17.7 Å². The zero-order valence-electron chi connectivity index (χ0n) is 15.9. The molecule has 2 aromatic rings. The number of hydrogen-bond acceptors (Lipinski definition) is 3. The number of alkyl halides is 3. The summed E-state index contributed by atoms with van der Waals surface area (Å²) >= 11 is 0. The van der Waals surface area contributed by atoms with E-state index in [9.17, 15) is 22.8 Å². The molecule has 5 nitrogen and oxygen atoms in total. The van der Waals surface area contributed by atoms with Gasteiger partial charge in [-0.05, 0) is 30.2 Å². The number of rotatable bonds is 4. The topological polar surface area (TPSA) is 58.6 Å². The van der Waals surface area contributed by atoms with E-state index in [1.807, 2.05) is 30.3 Å². The van der Waals surface area contributed by atoms with Gasteiger partial charge in [0.25, 0.3) is 0 Å². The molecule has 0 aliphatic carbocycles. The van der Waals surface area contributed by atoms with Crippen molar-refractivity contribution in [2.45, 2.75) is 31.7 Å². The predicted molar refractivity (Wildman–Crippen MR) is 99.7 cm³/mol. The Morgan fingerprint density at radius 1 is 1.14 bits per heavy atom. The first-order valence-electron chi connectivity index (χ1n) is 9.08. The molecular weight excluding hydrogens is 385 g/mol. The normalized spacial score (nSPS) is 22.2. The summed E-state index contributed by atoms with van der Waals surface area (Å²) in [6.45, 7) is 1.96. The summed E-state index contributed by atoms with van der Waals surface area (Å²) < 4.78 is 44.3. The molecule has 3 rings (SSSR count). The molecular formula is C21H21F3N2O3. The fourth-order valence-corrected chi connectivity index (χ4v) is 3.63. The molecule has 2 amide bonds. The van der Waals surface area contributed by atoms with E-state index < -0.39 is 41.7 Å². The summed E-state index contributed by atoms with van der Waals surface area (Å²) in [5, 5.41) is 2.70. The number of halogens is 3. The van der Waals surface area contributed by atoms with Gasteiger partial charge in [0.05, 0.1) is 18.7 Å². The fourth-order valence-electron chi connectivity index (χ4n) is 3.63. The number of benzene rings is 2. The largest absolute Gasteiger partial charge is 0.469 e. The molecule has 0 unspecified atom stereocenters. The van der Waals surface area contributed by atoms with Crippen molar-refractivity contribution < 1.29 is 27.5 Å². The maximum Gasteiger partial charge on any atom is 0.416 e. The molecule has 0 saturated carbocycles. The molecule has 0 spiro atoms. The first-order valence-corrected chi connectivity index (χ1v) is 9.08. The molecule has 1 fully saturated rings. The van der Waals surface area contributed by atoms with E-state index in [4.69, 9.17) is 4.74 Å². The Balaban J connectivity index is 1.95. The van der Waals surface area contributed by atoms with Gasteiger partial charge in [-0.1, -0.05) is 42.5 Å². The molecule has 3 atom stereocenters. The third-order valence-electron chi connectivity index (χ3n) is 5.15. The summed E-state index contributed by atoms with van der Waals surface area (Å²) in [5.74, 6) is -1.47. The molecule has 8 heteroatoms. The highest BCUT2D eigenvalue weighted by Gasteiger charge is 2.45. The lowest BCUT2D eigenvalue weighted by atomic mass is 9.84. The number of urea groups is 1. The van der Waals surface area contributed by atoms with Crippen LogP contribution in [0, 0.1) is 5.92 Å². The minimum absolute atomic E-state index is 0.204. The van der Waals surface area contributed by atoms with Crippen LogP contribution in [0.5, 0.6) is 0 Å². The molecule has 0 radical (unpaired) electrons. The van der Waals surface area contributed by atoms with Crippen LogP contribution in [-0.2, 0) is 22.3 Å². The molecule has 1 saturated heterocycles. The number of carbonyl (C=O) groups excluding carboxylic acids is 2. The second kappa shape index (κ2) is 8.14. The van der Waals surface area contributed by atoms with Crippen molar-refractivity contribution >= 4 is 12.0 Å². The van der Waals surface area contributed by atoms with Gasteiger partial charge < -0.3 is 15.0 Å². The molecule has 1 heterocycles. The number of methoxy groups -OCH3 is 1. The van der Waals surface area contributed by atoms with Crippen LogP contribution in [0.25, 0.3) is 0 Å². The van der Waals surface area contributed by atoms with E-state index in [1.54, 1.807) is 6.92 Å². The highest BCUT2D eigenvalue weighted by atomic mass is 19.4. The van der Waals surface area contributed by atoms with Gasteiger partial charge >= 0.3 is 18.2 Å². The van der Waals surface area contributed by atoms with Crippen molar-refractivity contribution in [1.29, 1.82) is 0 Å². The Hall–Kier alpha value is -3.03. The Bertz CT molecular complexity index is 886. The summed E-state index contributed by atoms with van der Waals surface area (Å²) in [7, 11) is 1.22. The first kappa shape index (κ1) is 20.7. The Labute approximate surface area is 166 Å². The molecule has 1 N–H and O–H groups in total. The lowest BCUT2D eigenvalue weighted by molar-refractivity contribution is -0.149. The van der Waals surface area contributed by atoms with Crippen molar-refractivity contribution in [2.24, 2.45) is 5.92 Å². The number of esters is 1. The van der Waals surface area contributed by atoms with Gasteiger partial charge in [0.2, 0.25) is 0 Å². The first-order chi connectivity index (χ1) is 13.7. The molecule has 29 heavy (non-hydrogen) atoms. The standard InChI is InChI=1S/C21H21F3N2O3/c1-13-17(19(27)29-2)18(15-9-6-10-16(11-15)21(22,23)24)25-20(28)26(13)12-14-7-4-3-5-8-14/h3-11,13,17-18H,12H2,1-2H3,(H,25,28)/t13-,17-,18+/m1/s1. The molecule has 0 bridgehead atoms. The molecule has 1 aliphatic rings. The SMILES string of the molecule is COC(=O)[C@@H]1[C@@H](C)N(Cc2ccccc2)C(=O)N[C@H]1c1cccc(C(F)(F)F)c1. The van der Waals surface area contributed by atoms with Crippen molar-refractivity contribution in [1.82, 2.24) is 10.2 Å². The Kier molecular flexibility index (Phi) is 5.81. The van der Waals surface area contributed by atoms with Gasteiger partial charge in [-0.15, -0.1) is 0 Å². The zero-order valence-corrected chi connectivity index (χ0v) is 15.9. The van der Waals surface area contributed by atoms with Gasteiger partial charge in [0.15, 0.2) is 0 Å². The van der Waals surface area contributed by atoms with Gasteiger partial charge in [-0.2, -0.15) is 13.2 Å². The van der Waals surface area contributed by atoms with Gasteiger partial charge in [0.1, 0.15) is 5.92 Å². The van der Waals surface area contributed by atoms with E-state index in [1.165, 1.54) is 24.1 Å². The van der Waals surface area contributed by atoms with Crippen LogP contribution in [0.2, 0.25) is 0 Å². The van der Waals surface area contributed by atoms with Crippen molar-refractivity contribution in [3.8, 4) is 0 Å². The minimum Gasteiger partial charge on any atom is -0.469 e. The number of hydrogen-bond donors (Lipinski definition) is 1. The summed E-state index contributed by atoms with van der Waals surface area (Å²) in [5.41, 5.74) is 0.234. The third kappa shape index (κ3) is 4.36. The van der Waals surface area contributed by atoms with Crippen molar-refractivity contribution in [3.05, 3.63) is 71.3 Å². The highest BCUT2D eigenvalue weighted by molar-refractivity contribution is 5.82. The van der Waals surface area contributed by atoms with Crippen LogP contribution in [0.1, 0.15) is 29.7 Å².